The van der Waals surface area contributed by atoms with E-state index in [9.17, 15) is 9.59 Å². The molecule has 0 spiro atoms. The van der Waals surface area contributed by atoms with E-state index in [0.29, 0.717) is 29.0 Å². The van der Waals surface area contributed by atoms with Gasteiger partial charge in [0, 0.05) is 29.3 Å². The highest BCUT2D eigenvalue weighted by Crippen LogP contribution is 2.22. The van der Waals surface area contributed by atoms with Crippen LogP contribution >= 0.6 is 0 Å². The molecule has 0 saturated carbocycles. The van der Waals surface area contributed by atoms with Gasteiger partial charge < -0.3 is 14.6 Å². The average molecular weight is 332 g/mol. The summed E-state index contributed by atoms with van der Waals surface area (Å²) in [6, 6.07) is 5.27. The van der Waals surface area contributed by atoms with E-state index >= 15 is 0 Å². The number of hydrazone groups is 1. The molecule has 0 unspecified atom stereocenters. The van der Waals surface area contributed by atoms with E-state index in [1.165, 1.54) is 6.21 Å². The van der Waals surface area contributed by atoms with E-state index in [2.05, 4.69) is 20.7 Å². The van der Waals surface area contributed by atoms with Crippen LogP contribution in [0, 0.1) is 6.92 Å². The van der Waals surface area contributed by atoms with Gasteiger partial charge in [0.1, 0.15) is 11.5 Å². The van der Waals surface area contributed by atoms with Crippen molar-refractivity contribution in [2.24, 2.45) is 5.10 Å². The van der Waals surface area contributed by atoms with E-state index in [0.717, 1.165) is 5.69 Å². The largest absolute Gasteiger partial charge is 0.497 e. The number of benzene rings is 1. The fraction of sp³-hybridized carbons (Fsp3) is 0.312. The summed E-state index contributed by atoms with van der Waals surface area (Å²) in [4.78, 5) is 23.3. The van der Waals surface area contributed by atoms with E-state index in [1.54, 1.807) is 39.3 Å². The zero-order valence-electron chi connectivity index (χ0n) is 13.8. The van der Waals surface area contributed by atoms with Gasteiger partial charge in [-0.3, -0.25) is 14.7 Å². The van der Waals surface area contributed by atoms with Crippen LogP contribution in [0.25, 0.3) is 0 Å². The number of nitrogens with zero attached hydrogens (tertiary/aromatic N) is 1. The summed E-state index contributed by atoms with van der Waals surface area (Å²) in [5.41, 5.74) is 4.25. The van der Waals surface area contributed by atoms with Gasteiger partial charge in [-0.05, 0) is 25.5 Å². The smallest absolute Gasteiger partial charge is 0.267 e. The lowest BCUT2D eigenvalue weighted by atomic mass is 10.1. The van der Waals surface area contributed by atoms with Crippen LogP contribution in [0.1, 0.15) is 23.2 Å². The molecule has 3 N–H and O–H groups in total. The Hall–Kier alpha value is -3.03. The lowest BCUT2D eigenvalue weighted by Crippen LogP contribution is -2.19. The number of ether oxygens (including phenoxy) is 2. The minimum Gasteiger partial charge on any atom is -0.497 e. The summed E-state index contributed by atoms with van der Waals surface area (Å²) >= 11 is 0. The highest BCUT2D eigenvalue weighted by atomic mass is 16.5. The minimum absolute atomic E-state index is 0.166. The van der Waals surface area contributed by atoms with Crippen LogP contribution in [-0.4, -0.2) is 36.5 Å². The summed E-state index contributed by atoms with van der Waals surface area (Å²) in [5, 5.41) is 9.12. The van der Waals surface area contributed by atoms with Gasteiger partial charge in [-0.25, -0.2) is 5.43 Å². The maximum atomic E-state index is 11.8. The Morgan fingerprint density at radius 2 is 2.08 bits per heavy atom. The molecule has 0 fully saturated rings. The predicted octanol–water partition coefficient (Wildman–Crippen LogP) is 1.11. The van der Waals surface area contributed by atoms with Crippen molar-refractivity contribution in [1.29, 1.82) is 0 Å². The molecule has 1 aromatic heterocycles. The van der Waals surface area contributed by atoms with Crippen molar-refractivity contribution in [1.82, 2.24) is 15.6 Å². The Labute approximate surface area is 138 Å². The molecule has 1 heterocycles. The first-order valence-corrected chi connectivity index (χ1v) is 7.35. The van der Waals surface area contributed by atoms with Crippen LogP contribution in [0.2, 0.25) is 0 Å². The number of methoxy groups -OCH3 is 2. The second-order valence-corrected chi connectivity index (χ2v) is 5.08. The van der Waals surface area contributed by atoms with E-state index < -0.39 is 0 Å². The first-order valence-electron chi connectivity index (χ1n) is 7.35. The van der Waals surface area contributed by atoms with Gasteiger partial charge in [0.15, 0.2) is 0 Å². The molecular formula is C16H20N4O4. The Morgan fingerprint density at radius 1 is 1.29 bits per heavy atom. The lowest BCUT2D eigenvalue weighted by Gasteiger charge is -2.06. The molecule has 1 amide bonds. The first kappa shape index (κ1) is 17.3. The van der Waals surface area contributed by atoms with Gasteiger partial charge in [0.2, 0.25) is 5.91 Å². The molecule has 0 atom stereocenters. The molecule has 24 heavy (non-hydrogen) atoms. The summed E-state index contributed by atoms with van der Waals surface area (Å²) < 4.78 is 10.4. The first-order chi connectivity index (χ1) is 11.5. The molecule has 2 aromatic rings. The number of amides is 1. The molecule has 1 aromatic carbocycles. The summed E-state index contributed by atoms with van der Waals surface area (Å²) in [6.45, 7) is 1.78. The number of carbonyl (C=O) groups is 1. The highest BCUT2D eigenvalue weighted by molar-refractivity contribution is 5.85. The Kier molecular flexibility index (Phi) is 5.78. The Morgan fingerprint density at radius 3 is 2.71 bits per heavy atom. The monoisotopic (exact) mass is 332 g/mol. The number of aromatic nitrogens is 2. The van der Waals surface area contributed by atoms with Crippen molar-refractivity contribution < 1.29 is 14.3 Å². The minimum atomic E-state index is -0.279. The van der Waals surface area contributed by atoms with Gasteiger partial charge in [-0.2, -0.15) is 5.10 Å². The average Bonchev–Trinajstić information content (AvgIpc) is 2.91. The number of hydrogen-bond acceptors (Lipinski definition) is 5. The second kappa shape index (κ2) is 8.00. The number of aryl methyl sites for hydroxylation is 1. The van der Waals surface area contributed by atoms with Crippen molar-refractivity contribution in [3.63, 3.8) is 0 Å². The van der Waals surface area contributed by atoms with Crippen LogP contribution in [-0.2, 0) is 11.2 Å². The molecule has 0 aliphatic carbocycles. The van der Waals surface area contributed by atoms with Gasteiger partial charge >= 0.3 is 0 Å². The SMILES string of the molecule is COc1ccc(/C=N/NC(=O)CCc2c(C)[nH][nH]c2=O)c(OC)c1. The molecule has 0 aliphatic heterocycles. The van der Waals surface area contributed by atoms with Gasteiger partial charge in [-0.15, -0.1) is 0 Å². The zero-order chi connectivity index (χ0) is 17.5. The van der Waals surface area contributed by atoms with Crippen molar-refractivity contribution in [2.45, 2.75) is 19.8 Å². The van der Waals surface area contributed by atoms with Crippen LogP contribution in [0.5, 0.6) is 11.5 Å². The lowest BCUT2D eigenvalue weighted by molar-refractivity contribution is -0.121. The van der Waals surface area contributed by atoms with Crippen LogP contribution in [0.3, 0.4) is 0 Å². The third kappa shape index (κ3) is 4.25. The Bertz CT molecular complexity index is 792. The number of nitrogens with one attached hydrogen (secondary N) is 3. The van der Waals surface area contributed by atoms with Crippen molar-refractivity contribution in [2.75, 3.05) is 14.2 Å². The number of carbonyl (C=O) groups excluding carboxylic acids is 1. The zero-order valence-corrected chi connectivity index (χ0v) is 13.8. The Balaban J connectivity index is 1.92. The van der Waals surface area contributed by atoms with E-state index in [1.807, 2.05) is 0 Å². The van der Waals surface area contributed by atoms with Gasteiger partial charge in [0.05, 0.1) is 20.4 Å². The standard InChI is InChI=1S/C16H20N4O4/c1-10-13(16(22)20-18-10)6-7-15(21)19-17-9-11-4-5-12(23-2)8-14(11)24-3/h4-5,8-9H,6-7H2,1-3H3,(H,19,21)(H2,18,20,22)/b17-9+. The second-order valence-electron chi connectivity index (χ2n) is 5.08. The van der Waals surface area contributed by atoms with Gasteiger partial charge in [-0.1, -0.05) is 0 Å². The summed E-state index contributed by atoms with van der Waals surface area (Å²) in [6.07, 6.45) is 2.00. The summed E-state index contributed by atoms with van der Waals surface area (Å²) in [7, 11) is 3.11. The van der Waals surface area contributed by atoms with Crippen molar-refractivity contribution >= 4 is 12.1 Å². The molecule has 0 bridgehead atoms. The van der Waals surface area contributed by atoms with Crippen LogP contribution in [0.4, 0.5) is 0 Å². The molecule has 0 aliphatic rings. The number of hydrogen-bond donors (Lipinski definition) is 3. The molecule has 8 nitrogen and oxygen atoms in total. The van der Waals surface area contributed by atoms with Crippen molar-refractivity contribution in [3.05, 3.63) is 45.4 Å². The maximum Gasteiger partial charge on any atom is 0.267 e. The van der Waals surface area contributed by atoms with E-state index in [4.69, 9.17) is 9.47 Å². The van der Waals surface area contributed by atoms with Gasteiger partial charge in [0.25, 0.3) is 5.56 Å². The summed E-state index contributed by atoms with van der Waals surface area (Å²) in [5.74, 6) is 0.973. The normalized spacial score (nSPS) is 10.8. The number of H-pyrrole nitrogens is 2. The third-order valence-corrected chi connectivity index (χ3v) is 3.53. The predicted molar refractivity (Wildman–Crippen MR) is 89.8 cm³/mol. The topological polar surface area (TPSA) is 109 Å². The highest BCUT2D eigenvalue weighted by Gasteiger charge is 2.09. The quantitative estimate of drug-likeness (QED) is 0.521. The molecule has 8 heteroatoms. The maximum absolute atomic E-state index is 11.8. The molecule has 0 radical (unpaired) electrons. The number of aromatic amines is 2. The van der Waals surface area contributed by atoms with Crippen molar-refractivity contribution in [3.8, 4) is 11.5 Å². The molecule has 2 rings (SSSR count). The van der Waals surface area contributed by atoms with E-state index in [-0.39, 0.29) is 17.9 Å². The van der Waals surface area contributed by atoms with Crippen LogP contribution < -0.4 is 20.5 Å². The fourth-order valence-electron chi connectivity index (χ4n) is 2.17. The van der Waals surface area contributed by atoms with Crippen LogP contribution in [0.15, 0.2) is 28.1 Å². The fourth-order valence-corrected chi connectivity index (χ4v) is 2.17. The number of rotatable bonds is 7. The molecular weight excluding hydrogens is 312 g/mol. The molecule has 128 valence electrons. The third-order valence-electron chi connectivity index (χ3n) is 3.53. The molecule has 0 saturated heterocycles.